The van der Waals surface area contributed by atoms with Crippen molar-refractivity contribution in [3.05, 3.63) is 40.6 Å². The molecule has 0 radical (unpaired) electrons. The molecule has 0 unspecified atom stereocenters. The highest BCUT2D eigenvalue weighted by Gasteiger charge is 2.30. The minimum absolute atomic E-state index is 0.905. The molecule has 0 aliphatic carbocycles. The zero-order chi connectivity index (χ0) is 16.4. The second-order valence-corrected chi connectivity index (χ2v) is 7.84. The van der Waals surface area contributed by atoms with Gasteiger partial charge in [-0.1, -0.05) is 31.2 Å². The molecule has 0 atom stereocenters. The third-order valence-corrected chi connectivity index (χ3v) is 6.10. The molecule has 5 heteroatoms. The lowest BCUT2D eigenvalue weighted by Crippen LogP contribution is -2.42. The summed E-state index contributed by atoms with van der Waals surface area (Å²) in [5, 5.41) is 5.46. The molecule has 2 aromatic rings. The summed E-state index contributed by atoms with van der Waals surface area (Å²) in [5.74, 6) is 1.11. The van der Waals surface area contributed by atoms with E-state index in [0.29, 0.717) is 0 Å². The summed E-state index contributed by atoms with van der Waals surface area (Å²) in [6.45, 7) is 5.07. The first-order chi connectivity index (χ1) is 11.9. The van der Waals surface area contributed by atoms with E-state index in [0.717, 1.165) is 43.5 Å². The van der Waals surface area contributed by atoms with E-state index in [-0.39, 0.29) is 0 Å². The van der Waals surface area contributed by atoms with Crippen molar-refractivity contribution in [1.82, 2.24) is 4.90 Å². The molecule has 0 spiro atoms. The van der Waals surface area contributed by atoms with Crippen LogP contribution in [0.15, 0.2) is 49.9 Å². The number of hydrogen-bond donors (Lipinski definition) is 0. The maximum absolute atomic E-state index is 4.88. The lowest BCUT2D eigenvalue weighted by Gasteiger charge is -2.35. The first-order valence-electron chi connectivity index (χ1n) is 8.58. The fraction of sp³-hybridized carbons (Fsp3) is 0.368. The first-order valence-corrected chi connectivity index (χ1v) is 10.3. The number of fused-ring (bicyclic) bond motifs is 3. The molecule has 1 aromatic carbocycles. The predicted molar refractivity (Wildman–Crippen MR) is 106 cm³/mol. The minimum Gasteiger partial charge on any atom is -0.305 e. The van der Waals surface area contributed by atoms with Crippen LogP contribution in [0.4, 0.5) is 0 Å². The lowest BCUT2D eigenvalue weighted by atomic mass is 10.1. The second-order valence-electron chi connectivity index (χ2n) is 6.05. The van der Waals surface area contributed by atoms with Crippen LogP contribution in [0.2, 0.25) is 0 Å². The Morgan fingerprint density at radius 3 is 3.04 bits per heavy atom. The quantitative estimate of drug-likeness (QED) is 0.711. The number of thiophene rings is 1. The molecule has 0 bridgehead atoms. The van der Waals surface area contributed by atoms with Crippen molar-refractivity contribution in [2.75, 3.05) is 19.6 Å². The summed E-state index contributed by atoms with van der Waals surface area (Å²) in [6, 6.07) is 8.93. The van der Waals surface area contributed by atoms with Crippen LogP contribution >= 0.6 is 23.1 Å². The van der Waals surface area contributed by atoms with Crippen LogP contribution in [-0.2, 0) is 0 Å². The van der Waals surface area contributed by atoms with Crippen LogP contribution in [0.25, 0.3) is 11.1 Å². The monoisotopic (exact) mass is 355 g/mol. The van der Waals surface area contributed by atoms with E-state index in [1.807, 2.05) is 0 Å². The molecule has 124 valence electrons. The molecule has 2 aliphatic heterocycles. The molecule has 0 saturated heterocycles. The summed E-state index contributed by atoms with van der Waals surface area (Å²) >= 11 is 3.54. The molecule has 2 aliphatic rings. The van der Waals surface area contributed by atoms with Crippen LogP contribution < -0.4 is 0 Å². The van der Waals surface area contributed by atoms with Crippen LogP contribution in [0, 0.1) is 0 Å². The standard InChI is InChI=1S/C19H21N3S2/c1-2-3-8-21-19-22-10-4-9-20-18(22)16-6-5-14(12-17(16)24-19)15-7-11-23-13-15/h5-7,11-13H,2-4,8-10H2,1H3. The third-order valence-electron chi connectivity index (χ3n) is 4.32. The van der Waals surface area contributed by atoms with Gasteiger partial charge in [-0.2, -0.15) is 11.3 Å². The normalized spacial score (nSPS) is 18.3. The van der Waals surface area contributed by atoms with E-state index >= 15 is 0 Å². The van der Waals surface area contributed by atoms with Gasteiger partial charge in [0.05, 0.1) is 0 Å². The Bertz CT molecular complexity index is 778. The Kier molecular flexibility index (Phi) is 4.72. The van der Waals surface area contributed by atoms with Gasteiger partial charge in [-0.3, -0.25) is 9.98 Å². The van der Waals surface area contributed by atoms with Gasteiger partial charge in [0.15, 0.2) is 5.17 Å². The molecule has 1 aromatic heterocycles. The van der Waals surface area contributed by atoms with Gasteiger partial charge in [0.25, 0.3) is 0 Å². The van der Waals surface area contributed by atoms with E-state index in [2.05, 4.69) is 46.8 Å². The predicted octanol–water partition coefficient (Wildman–Crippen LogP) is 5.13. The third kappa shape index (κ3) is 3.03. The number of benzene rings is 1. The van der Waals surface area contributed by atoms with Crippen molar-refractivity contribution in [3.8, 4) is 11.1 Å². The van der Waals surface area contributed by atoms with Gasteiger partial charge >= 0.3 is 0 Å². The summed E-state index contributed by atoms with van der Waals surface area (Å²) in [6.07, 6.45) is 3.44. The molecule has 0 N–H and O–H groups in total. The van der Waals surface area contributed by atoms with E-state index in [4.69, 9.17) is 9.98 Å². The molecular weight excluding hydrogens is 334 g/mol. The molecule has 4 rings (SSSR count). The van der Waals surface area contributed by atoms with E-state index in [1.165, 1.54) is 28.0 Å². The zero-order valence-electron chi connectivity index (χ0n) is 13.9. The first kappa shape index (κ1) is 15.9. The number of hydrogen-bond acceptors (Lipinski definition) is 4. The van der Waals surface area contributed by atoms with Crippen molar-refractivity contribution in [2.45, 2.75) is 31.1 Å². The summed E-state index contributed by atoms with van der Waals surface area (Å²) in [5.41, 5.74) is 3.83. The Morgan fingerprint density at radius 2 is 2.21 bits per heavy atom. The van der Waals surface area contributed by atoms with E-state index in [9.17, 15) is 0 Å². The Balaban J connectivity index is 1.73. The van der Waals surface area contributed by atoms with Gasteiger partial charge in [-0.15, -0.1) is 0 Å². The highest BCUT2D eigenvalue weighted by molar-refractivity contribution is 8.14. The number of nitrogens with zero attached hydrogens (tertiary/aromatic N) is 3. The fourth-order valence-corrected chi connectivity index (χ4v) is 4.79. The van der Waals surface area contributed by atoms with Crippen LogP contribution in [0.1, 0.15) is 31.7 Å². The number of rotatable bonds is 4. The Labute approximate surface area is 151 Å². The van der Waals surface area contributed by atoms with Gasteiger partial charge in [0, 0.05) is 30.1 Å². The molecule has 3 heterocycles. The zero-order valence-corrected chi connectivity index (χ0v) is 15.5. The highest BCUT2D eigenvalue weighted by atomic mass is 32.2. The summed E-state index contributed by atoms with van der Waals surface area (Å²) in [7, 11) is 0. The van der Waals surface area contributed by atoms with Crippen LogP contribution in [0.5, 0.6) is 0 Å². The smallest absolute Gasteiger partial charge is 0.169 e. The number of amidine groups is 2. The van der Waals surface area contributed by atoms with Gasteiger partial charge in [-0.05, 0) is 52.9 Å². The largest absolute Gasteiger partial charge is 0.305 e. The summed E-state index contributed by atoms with van der Waals surface area (Å²) < 4.78 is 0. The molecule has 24 heavy (non-hydrogen) atoms. The summed E-state index contributed by atoms with van der Waals surface area (Å²) in [4.78, 5) is 13.3. The van der Waals surface area contributed by atoms with E-state index < -0.39 is 0 Å². The van der Waals surface area contributed by atoms with Crippen molar-refractivity contribution >= 4 is 34.1 Å². The van der Waals surface area contributed by atoms with Crippen LogP contribution in [0.3, 0.4) is 0 Å². The van der Waals surface area contributed by atoms with Gasteiger partial charge in [0.1, 0.15) is 5.84 Å². The SMILES string of the molecule is CCCCN=C1Sc2cc(-c3ccsc3)ccc2C2=NCCCN12. The second kappa shape index (κ2) is 7.11. The Morgan fingerprint density at radius 1 is 1.25 bits per heavy atom. The van der Waals surface area contributed by atoms with Crippen molar-refractivity contribution in [1.29, 1.82) is 0 Å². The van der Waals surface area contributed by atoms with Gasteiger partial charge in [-0.25, -0.2) is 0 Å². The average Bonchev–Trinajstić information content (AvgIpc) is 3.16. The van der Waals surface area contributed by atoms with Crippen molar-refractivity contribution < 1.29 is 0 Å². The topological polar surface area (TPSA) is 28.0 Å². The van der Waals surface area contributed by atoms with Gasteiger partial charge < -0.3 is 4.90 Å². The number of aliphatic imine (C=N–C) groups is 2. The van der Waals surface area contributed by atoms with E-state index in [1.54, 1.807) is 23.1 Å². The van der Waals surface area contributed by atoms with Crippen LogP contribution in [-0.4, -0.2) is 35.5 Å². The highest BCUT2D eigenvalue weighted by Crippen LogP contribution is 2.37. The molecule has 0 amide bonds. The minimum atomic E-state index is 0.905. The molecule has 0 fully saturated rings. The molecule has 3 nitrogen and oxygen atoms in total. The maximum Gasteiger partial charge on any atom is 0.169 e. The lowest BCUT2D eigenvalue weighted by molar-refractivity contribution is 0.551. The molecular formula is C19H21N3S2. The number of unbranched alkanes of at least 4 members (excludes halogenated alkanes) is 1. The maximum atomic E-state index is 4.88. The van der Waals surface area contributed by atoms with Gasteiger partial charge in [0.2, 0.25) is 0 Å². The molecule has 0 saturated carbocycles. The van der Waals surface area contributed by atoms with Crippen molar-refractivity contribution in [3.63, 3.8) is 0 Å². The average molecular weight is 356 g/mol. The fourth-order valence-electron chi connectivity index (χ4n) is 3.03. The Hall–Kier alpha value is -1.59. The number of thioether (sulfide) groups is 1. The van der Waals surface area contributed by atoms with Crippen molar-refractivity contribution in [2.24, 2.45) is 9.98 Å².